The van der Waals surface area contributed by atoms with E-state index in [4.69, 9.17) is 5.73 Å². The molecule has 0 unspecified atom stereocenters. The van der Waals surface area contributed by atoms with Crippen LogP contribution in [0.3, 0.4) is 0 Å². The first-order valence-electron chi connectivity index (χ1n) is 4.55. The predicted octanol–water partition coefficient (Wildman–Crippen LogP) is 1.64. The number of rotatable bonds is 1. The van der Waals surface area contributed by atoms with Gasteiger partial charge in [-0.15, -0.1) is 0 Å². The number of hydrogen-bond acceptors (Lipinski definition) is 4. The summed E-state index contributed by atoms with van der Waals surface area (Å²) in [6.45, 7) is 9.11. The predicted molar refractivity (Wildman–Crippen MR) is 61.6 cm³/mol. The summed E-state index contributed by atoms with van der Waals surface area (Å²) in [7, 11) is -2.34. The Bertz CT molecular complexity index is 326. The molecule has 0 aliphatic carbocycles. The first kappa shape index (κ1) is 13.1. The normalized spacial score (nSPS) is 10.4. The summed E-state index contributed by atoms with van der Waals surface area (Å²) in [6, 6.07) is 0. The van der Waals surface area contributed by atoms with Gasteiger partial charge in [0.2, 0.25) is 0 Å². The first-order valence-corrected chi connectivity index (χ1v) is 7.15. The molecule has 0 aromatic carbocycles. The van der Waals surface area contributed by atoms with E-state index in [1.54, 1.807) is 20.3 Å². The van der Waals surface area contributed by atoms with Gasteiger partial charge in [0.25, 0.3) is 0 Å². The molecule has 14 heavy (non-hydrogen) atoms. The topological polar surface area (TPSA) is 68.9 Å². The molecule has 0 bridgehead atoms. The zero-order chi connectivity index (χ0) is 11.4. The lowest BCUT2D eigenvalue weighted by Gasteiger charge is -2.10. The lowest BCUT2D eigenvalue weighted by molar-refractivity contribution is 0.588. The van der Waals surface area contributed by atoms with Crippen molar-refractivity contribution in [1.82, 2.24) is 9.97 Å². The molecule has 1 aromatic rings. The average Bonchev–Trinajstić information content (AvgIpc) is 2.05. The molecule has 0 atom stereocenters. The molecule has 5 heteroatoms. The van der Waals surface area contributed by atoms with Gasteiger partial charge >= 0.3 is 0 Å². The van der Waals surface area contributed by atoms with Crippen LogP contribution in [0.1, 0.15) is 19.5 Å². The summed E-state index contributed by atoms with van der Waals surface area (Å²) in [5.41, 5.74) is 6.29. The summed E-state index contributed by atoms with van der Waals surface area (Å²) in [5.74, 6) is 0.329. The molecule has 1 rings (SSSR count). The molecule has 2 N–H and O–H groups in total. The maximum Gasteiger partial charge on any atom is 0.137 e. The van der Waals surface area contributed by atoms with Crippen LogP contribution < -0.4 is 11.0 Å². The fraction of sp³-hybridized carbons (Fsp3) is 0.556. The van der Waals surface area contributed by atoms with E-state index < -0.39 is 7.14 Å². The van der Waals surface area contributed by atoms with Crippen molar-refractivity contribution in [2.24, 2.45) is 0 Å². The quantitative estimate of drug-likeness (QED) is 0.723. The monoisotopic (exact) mass is 215 g/mol. The van der Waals surface area contributed by atoms with Crippen LogP contribution in [-0.2, 0) is 4.57 Å². The van der Waals surface area contributed by atoms with Crippen LogP contribution in [0, 0.1) is 6.92 Å². The standard InChI is InChI=1S/C7H12N3OP.C2H6/c1-5-6(12(2,3)11)7(8)10-4-9-5;1-2/h4H,1-3H3,(H2,8,9,10);1-2H3. The zero-order valence-corrected chi connectivity index (χ0v) is 10.3. The highest BCUT2D eigenvalue weighted by molar-refractivity contribution is 7.70. The van der Waals surface area contributed by atoms with Gasteiger partial charge in [-0.05, 0) is 20.3 Å². The van der Waals surface area contributed by atoms with Gasteiger partial charge in [-0.1, -0.05) is 13.8 Å². The number of nitrogens with two attached hydrogens (primary N) is 1. The van der Waals surface area contributed by atoms with Gasteiger partial charge in [0, 0.05) is 0 Å². The summed E-state index contributed by atoms with van der Waals surface area (Å²) < 4.78 is 11.7. The second kappa shape index (κ2) is 5.11. The summed E-state index contributed by atoms with van der Waals surface area (Å²) in [5, 5.41) is 0.602. The molecule has 0 saturated heterocycles. The highest BCUT2D eigenvalue weighted by Crippen LogP contribution is 2.37. The Labute approximate surface area is 85.3 Å². The Balaban J connectivity index is 0.000000791. The van der Waals surface area contributed by atoms with E-state index in [1.807, 2.05) is 13.8 Å². The average molecular weight is 215 g/mol. The fourth-order valence-electron chi connectivity index (χ4n) is 1.15. The fourth-order valence-corrected chi connectivity index (χ4v) is 2.60. The number of nitrogens with zero attached hydrogens (tertiary/aromatic N) is 2. The van der Waals surface area contributed by atoms with Crippen LogP contribution in [0.4, 0.5) is 5.82 Å². The summed E-state index contributed by atoms with van der Waals surface area (Å²) in [4.78, 5) is 7.74. The molecule has 0 fully saturated rings. The molecule has 0 aliphatic heterocycles. The lowest BCUT2D eigenvalue weighted by Crippen LogP contribution is -2.16. The van der Waals surface area contributed by atoms with Crippen molar-refractivity contribution in [3.63, 3.8) is 0 Å². The van der Waals surface area contributed by atoms with Gasteiger partial charge in [-0.25, -0.2) is 9.97 Å². The Morgan fingerprint density at radius 3 is 2.07 bits per heavy atom. The van der Waals surface area contributed by atoms with E-state index >= 15 is 0 Å². The van der Waals surface area contributed by atoms with Gasteiger partial charge < -0.3 is 10.3 Å². The lowest BCUT2D eigenvalue weighted by atomic mass is 10.4. The molecule has 1 aromatic heterocycles. The molecule has 0 amide bonds. The van der Waals surface area contributed by atoms with Gasteiger partial charge in [-0.3, -0.25) is 0 Å². The molecule has 0 spiro atoms. The Hall–Kier alpha value is -0.890. The van der Waals surface area contributed by atoms with Crippen molar-refractivity contribution in [1.29, 1.82) is 0 Å². The van der Waals surface area contributed by atoms with E-state index in [-0.39, 0.29) is 0 Å². The minimum absolute atomic E-state index is 0.329. The number of aryl methyl sites for hydroxylation is 1. The molecular weight excluding hydrogens is 197 g/mol. The minimum Gasteiger partial charge on any atom is -0.383 e. The van der Waals surface area contributed by atoms with E-state index in [2.05, 4.69) is 9.97 Å². The van der Waals surface area contributed by atoms with Gasteiger partial charge in [0.1, 0.15) is 19.3 Å². The molecule has 0 saturated carbocycles. The van der Waals surface area contributed by atoms with E-state index in [1.165, 1.54) is 6.33 Å². The molecule has 0 radical (unpaired) electrons. The van der Waals surface area contributed by atoms with Crippen molar-refractivity contribution in [3.05, 3.63) is 12.0 Å². The Morgan fingerprint density at radius 2 is 1.79 bits per heavy atom. The second-order valence-corrected chi connectivity index (χ2v) is 6.19. The van der Waals surface area contributed by atoms with Crippen molar-refractivity contribution in [2.75, 3.05) is 19.1 Å². The molecule has 80 valence electrons. The van der Waals surface area contributed by atoms with Gasteiger partial charge in [0.15, 0.2) is 0 Å². The van der Waals surface area contributed by atoms with Crippen LogP contribution >= 0.6 is 7.14 Å². The van der Waals surface area contributed by atoms with Gasteiger partial charge in [0.05, 0.1) is 11.0 Å². The van der Waals surface area contributed by atoms with Crippen molar-refractivity contribution >= 4 is 18.3 Å². The first-order chi connectivity index (χ1) is 6.43. The Kier molecular flexibility index (Phi) is 4.78. The highest BCUT2D eigenvalue weighted by atomic mass is 31.2. The number of hydrogen-bond donors (Lipinski definition) is 1. The largest absolute Gasteiger partial charge is 0.383 e. The van der Waals surface area contributed by atoms with E-state index in [0.29, 0.717) is 16.8 Å². The van der Waals surface area contributed by atoms with Crippen LogP contribution in [0.2, 0.25) is 0 Å². The highest BCUT2D eigenvalue weighted by Gasteiger charge is 2.18. The van der Waals surface area contributed by atoms with Gasteiger partial charge in [-0.2, -0.15) is 0 Å². The van der Waals surface area contributed by atoms with Crippen molar-refractivity contribution in [2.45, 2.75) is 20.8 Å². The third kappa shape index (κ3) is 3.11. The molecule has 0 aliphatic rings. The smallest absolute Gasteiger partial charge is 0.137 e. The SMILES string of the molecule is CC.Cc1ncnc(N)c1P(C)(C)=O. The number of anilines is 1. The van der Waals surface area contributed by atoms with Crippen LogP contribution in [0.25, 0.3) is 0 Å². The maximum atomic E-state index is 11.7. The van der Waals surface area contributed by atoms with E-state index in [0.717, 1.165) is 0 Å². The zero-order valence-electron chi connectivity index (χ0n) is 9.40. The summed E-state index contributed by atoms with van der Waals surface area (Å²) in [6.07, 6.45) is 1.38. The van der Waals surface area contributed by atoms with Crippen molar-refractivity contribution < 1.29 is 4.57 Å². The summed E-state index contributed by atoms with van der Waals surface area (Å²) >= 11 is 0. The number of aromatic nitrogens is 2. The third-order valence-electron chi connectivity index (χ3n) is 1.57. The molecule has 4 nitrogen and oxygen atoms in total. The number of nitrogen functional groups attached to an aromatic ring is 1. The Morgan fingerprint density at radius 1 is 1.29 bits per heavy atom. The minimum atomic E-state index is -2.34. The molecular formula is C9H18N3OP. The third-order valence-corrected chi connectivity index (χ3v) is 3.20. The van der Waals surface area contributed by atoms with Crippen LogP contribution in [0.5, 0.6) is 0 Å². The second-order valence-electron chi connectivity index (χ2n) is 3.04. The van der Waals surface area contributed by atoms with E-state index in [9.17, 15) is 4.57 Å². The van der Waals surface area contributed by atoms with Crippen molar-refractivity contribution in [3.8, 4) is 0 Å². The maximum absolute atomic E-state index is 11.7. The van der Waals surface area contributed by atoms with Crippen LogP contribution in [-0.4, -0.2) is 23.3 Å². The van der Waals surface area contributed by atoms with Crippen LogP contribution in [0.15, 0.2) is 6.33 Å². The molecule has 1 heterocycles.